The van der Waals surface area contributed by atoms with Crippen molar-refractivity contribution in [1.29, 1.82) is 0 Å². The van der Waals surface area contributed by atoms with Gasteiger partial charge in [0.2, 0.25) is 0 Å². The summed E-state index contributed by atoms with van der Waals surface area (Å²) in [6.45, 7) is 0. The Hall–Kier alpha value is -1.89. The van der Waals surface area contributed by atoms with Crippen LogP contribution in [0.1, 0.15) is 16.8 Å². The van der Waals surface area contributed by atoms with E-state index >= 15 is 0 Å². The van der Waals surface area contributed by atoms with Crippen molar-refractivity contribution in [2.24, 2.45) is 0 Å². The summed E-state index contributed by atoms with van der Waals surface area (Å²) in [5.41, 5.74) is 1.04. The Morgan fingerprint density at radius 3 is 2.83 bits per heavy atom. The highest BCUT2D eigenvalue weighted by Gasteiger charge is 2.20. The van der Waals surface area contributed by atoms with Crippen molar-refractivity contribution in [3.8, 4) is 0 Å². The normalized spacial score (nSPS) is 12.5. The Morgan fingerprint density at radius 1 is 1.44 bits per heavy atom. The number of carbonyl (C=O) groups excluding carboxylic acids is 1. The number of Topliss-reactive ketones (excluding diaryl/α,β-unsaturated/α-hetero) is 1. The van der Waals surface area contributed by atoms with Gasteiger partial charge in [-0.1, -0.05) is 15.9 Å². The van der Waals surface area contributed by atoms with E-state index in [1.54, 1.807) is 0 Å². The van der Waals surface area contributed by atoms with Crippen molar-refractivity contribution in [1.82, 2.24) is 4.98 Å². The number of aliphatic carboxylic acids is 1. The monoisotopic (exact) mass is 313 g/mol. The second kappa shape index (κ2) is 4.77. The lowest BCUT2D eigenvalue weighted by atomic mass is 10.1. The van der Waals surface area contributed by atoms with E-state index in [0.29, 0.717) is 5.52 Å². The summed E-state index contributed by atoms with van der Waals surface area (Å²) in [6.07, 6.45) is -0.312. The minimum Gasteiger partial charge on any atom is -0.481 e. The first-order valence-corrected chi connectivity index (χ1v) is 5.92. The lowest BCUT2D eigenvalue weighted by Crippen LogP contribution is -2.18. The third-order valence-electron chi connectivity index (χ3n) is 2.34. The van der Waals surface area contributed by atoms with Crippen molar-refractivity contribution in [3.05, 3.63) is 34.3 Å². The minimum absolute atomic E-state index is 0.265. The van der Waals surface area contributed by atoms with Gasteiger partial charge < -0.3 is 9.52 Å². The van der Waals surface area contributed by atoms with Gasteiger partial charge in [0.15, 0.2) is 11.4 Å². The molecule has 6 nitrogen and oxygen atoms in total. The van der Waals surface area contributed by atoms with Gasteiger partial charge in [-0.05, 0) is 18.2 Å². The van der Waals surface area contributed by atoms with Crippen molar-refractivity contribution < 1.29 is 19.1 Å². The second-order valence-corrected chi connectivity index (χ2v) is 4.76. The molecule has 1 aromatic heterocycles. The number of benzene rings is 1. The number of ketones is 1. The zero-order valence-corrected chi connectivity index (χ0v) is 10.6. The van der Waals surface area contributed by atoms with Crippen LogP contribution in [0.5, 0.6) is 0 Å². The maximum atomic E-state index is 11.9. The molecule has 0 aliphatic rings. The largest absolute Gasteiger partial charge is 0.481 e. The van der Waals surface area contributed by atoms with Crippen LogP contribution in [0.3, 0.4) is 0 Å². The number of carbonyl (C=O) groups is 2. The van der Waals surface area contributed by atoms with Crippen LogP contribution in [-0.2, 0) is 4.79 Å². The number of carboxylic acids is 1. The van der Waals surface area contributed by atoms with E-state index in [-0.39, 0.29) is 23.4 Å². The molecule has 0 fully saturated rings. The number of hydrogen-bond donors (Lipinski definition) is 2. The molecule has 7 heteroatoms. The number of alkyl halides is 1. The van der Waals surface area contributed by atoms with Crippen molar-refractivity contribution >= 4 is 38.8 Å². The molecule has 1 heterocycles. The number of rotatable bonds is 4. The third-order valence-corrected chi connectivity index (χ3v) is 3.08. The van der Waals surface area contributed by atoms with Gasteiger partial charge in [0.25, 0.3) is 0 Å². The average molecular weight is 314 g/mol. The summed E-state index contributed by atoms with van der Waals surface area (Å²) in [5.74, 6) is -2.04. The number of fused-ring (bicyclic) bond motifs is 1. The van der Waals surface area contributed by atoms with Crippen LogP contribution in [-0.4, -0.2) is 26.7 Å². The molecule has 0 spiro atoms. The molecule has 0 aliphatic carbocycles. The topological polar surface area (TPSA) is 100 Å². The summed E-state index contributed by atoms with van der Waals surface area (Å²) >= 11 is 3.02. The molecule has 0 bridgehead atoms. The number of carboxylic acid groups (broad SMARTS) is 1. The molecule has 0 saturated heterocycles. The van der Waals surface area contributed by atoms with Crippen LogP contribution in [0.4, 0.5) is 0 Å². The fourth-order valence-electron chi connectivity index (χ4n) is 1.53. The molecule has 18 heavy (non-hydrogen) atoms. The van der Waals surface area contributed by atoms with E-state index in [2.05, 4.69) is 20.9 Å². The Kier molecular flexibility index (Phi) is 3.33. The van der Waals surface area contributed by atoms with Crippen LogP contribution in [0.2, 0.25) is 0 Å². The van der Waals surface area contributed by atoms with Gasteiger partial charge >= 0.3 is 11.7 Å². The average Bonchev–Trinajstić information content (AvgIpc) is 2.65. The highest BCUT2D eigenvalue weighted by Crippen LogP contribution is 2.18. The van der Waals surface area contributed by atoms with Gasteiger partial charge in [0.05, 0.1) is 16.8 Å². The van der Waals surface area contributed by atoms with E-state index in [4.69, 9.17) is 9.52 Å². The molecule has 2 rings (SSSR count). The van der Waals surface area contributed by atoms with Gasteiger partial charge in [-0.2, -0.15) is 0 Å². The molecule has 0 saturated carbocycles. The molecule has 2 aromatic rings. The van der Waals surface area contributed by atoms with Crippen LogP contribution in [0.15, 0.2) is 27.4 Å². The number of hydrogen-bond acceptors (Lipinski definition) is 4. The molecule has 1 atom stereocenters. The lowest BCUT2D eigenvalue weighted by molar-refractivity contribution is -0.136. The maximum absolute atomic E-state index is 11.9. The predicted molar refractivity (Wildman–Crippen MR) is 66.1 cm³/mol. The summed E-state index contributed by atoms with van der Waals surface area (Å²) in [7, 11) is 0. The highest BCUT2D eigenvalue weighted by atomic mass is 79.9. The number of nitrogens with one attached hydrogen (secondary N) is 1. The van der Waals surface area contributed by atoms with Crippen LogP contribution >= 0.6 is 15.9 Å². The second-order valence-electron chi connectivity index (χ2n) is 3.66. The molecule has 0 radical (unpaired) electrons. The van der Waals surface area contributed by atoms with Gasteiger partial charge in [-0.3, -0.25) is 14.6 Å². The summed E-state index contributed by atoms with van der Waals surface area (Å²) in [4.78, 5) is 35.0. The zero-order chi connectivity index (χ0) is 13.3. The van der Waals surface area contributed by atoms with Crippen LogP contribution in [0, 0.1) is 0 Å². The number of aromatic nitrogens is 1. The van der Waals surface area contributed by atoms with Crippen LogP contribution in [0.25, 0.3) is 11.1 Å². The molecule has 1 aromatic carbocycles. The zero-order valence-electron chi connectivity index (χ0n) is 8.97. The molecule has 0 amide bonds. The van der Waals surface area contributed by atoms with Crippen molar-refractivity contribution in [2.75, 3.05) is 0 Å². The summed E-state index contributed by atoms with van der Waals surface area (Å²) < 4.78 is 4.82. The first-order valence-electron chi connectivity index (χ1n) is 5.00. The standard InChI is InChI=1S/C11H8BrNO5/c12-6(4-9(14)15)10(16)5-1-2-7-8(3-5)18-11(17)13-7/h1-3,6H,4H2,(H,13,17)(H,14,15). The number of oxazole rings is 1. The SMILES string of the molecule is O=C(O)CC(Br)C(=O)c1ccc2[nH]c(=O)oc2c1. The maximum Gasteiger partial charge on any atom is 0.417 e. The van der Waals surface area contributed by atoms with E-state index in [0.717, 1.165) is 0 Å². The van der Waals surface area contributed by atoms with E-state index < -0.39 is 16.6 Å². The summed E-state index contributed by atoms with van der Waals surface area (Å²) in [6, 6.07) is 4.45. The Labute approximate surface area is 109 Å². The van der Waals surface area contributed by atoms with E-state index in [1.807, 2.05) is 0 Å². The summed E-state index contributed by atoms with van der Waals surface area (Å²) in [5, 5.41) is 8.61. The minimum atomic E-state index is -1.07. The third kappa shape index (κ3) is 2.51. The molecule has 0 aliphatic heterocycles. The van der Waals surface area contributed by atoms with Gasteiger partial charge in [-0.25, -0.2) is 4.79 Å². The Bertz CT molecular complexity index is 671. The molecule has 2 N–H and O–H groups in total. The number of H-pyrrole nitrogens is 1. The van der Waals surface area contributed by atoms with Gasteiger partial charge in [0.1, 0.15) is 0 Å². The Balaban J connectivity index is 2.32. The Morgan fingerprint density at radius 2 is 2.17 bits per heavy atom. The van der Waals surface area contributed by atoms with Crippen LogP contribution < -0.4 is 5.76 Å². The van der Waals surface area contributed by atoms with Gasteiger partial charge in [-0.15, -0.1) is 0 Å². The van der Waals surface area contributed by atoms with Crippen molar-refractivity contribution in [2.45, 2.75) is 11.2 Å². The fourth-order valence-corrected chi connectivity index (χ4v) is 2.07. The molecule has 1 unspecified atom stereocenters. The van der Waals surface area contributed by atoms with E-state index in [1.165, 1.54) is 18.2 Å². The van der Waals surface area contributed by atoms with Crippen molar-refractivity contribution in [3.63, 3.8) is 0 Å². The van der Waals surface area contributed by atoms with E-state index in [9.17, 15) is 14.4 Å². The lowest BCUT2D eigenvalue weighted by Gasteiger charge is -2.05. The fraction of sp³-hybridized carbons (Fsp3) is 0.182. The highest BCUT2D eigenvalue weighted by molar-refractivity contribution is 9.10. The van der Waals surface area contributed by atoms with Gasteiger partial charge in [0, 0.05) is 5.56 Å². The smallest absolute Gasteiger partial charge is 0.417 e. The predicted octanol–water partition coefficient (Wildman–Crippen LogP) is 1.54. The number of halogens is 1. The molecule has 94 valence electrons. The molecular formula is C11H8BrNO5. The number of aromatic amines is 1. The quantitative estimate of drug-likeness (QED) is 0.658. The first-order chi connectivity index (χ1) is 8.47. The molecular weight excluding hydrogens is 306 g/mol. The first kappa shape index (κ1) is 12.6.